The highest BCUT2D eigenvalue weighted by Crippen LogP contribution is 2.21. The monoisotopic (exact) mass is 254 g/mol. The molecule has 1 atom stereocenters. The van der Waals surface area contributed by atoms with E-state index in [-0.39, 0.29) is 6.10 Å². The Balaban J connectivity index is 2.16. The standard InChI is InChI=1S/C15H23ClO/c1-2-3-4-5-6-7-8-15(17)13-9-11-14(16)12-10-13/h9-12,15,17H,2-8H2,1H3. The van der Waals surface area contributed by atoms with Gasteiger partial charge in [0.15, 0.2) is 0 Å². The van der Waals surface area contributed by atoms with Gasteiger partial charge in [-0.2, -0.15) is 0 Å². The van der Waals surface area contributed by atoms with Crippen LogP contribution in [-0.2, 0) is 0 Å². The van der Waals surface area contributed by atoms with Crippen molar-refractivity contribution in [1.29, 1.82) is 0 Å². The third-order valence-corrected chi connectivity index (χ3v) is 3.34. The Morgan fingerprint density at radius 1 is 1.00 bits per heavy atom. The fraction of sp³-hybridized carbons (Fsp3) is 0.600. The van der Waals surface area contributed by atoms with Crippen molar-refractivity contribution in [3.63, 3.8) is 0 Å². The van der Waals surface area contributed by atoms with Gasteiger partial charge in [-0.1, -0.05) is 69.2 Å². The van der Waals surface area contributed by atoms with E-state index in [0.29, 0.717) is 0 Å². The molecule has 1 nitrogen and oxygen atoms in total. The molecule has 0 aliphatic carbocycles. The lowest BCUT2D eigenvalue weighted by Crippen LogP contribution is -1.97. The first-order chi connectivity index (χ1) is 8.24. The second-order valence-corrected chi connectivity index (χ2v) is 5.06. The van der Waals surface area contributed by atoms with Crippen LogP contribution in [0.25, 0.3) is 0 Å². The Kier molecular flexibility index (Phi) is 7.30. The largest absolute Gasteiger partial charge is 0.388 e. The smallest absolute Gasteiger partial charge is 0.0790 e. The minimum Gasteiger partial charge on any atom is -0.388 e. The summed E-state index contributed by atoms with van der Waals surface area (Å²) in [5.41, 5.74) is 0.975. The van der Waals surface area contributed by atoms with E-state index in [2.05, 4.69) is 6.92 Å². The van der Waals surface area contributed by atoms with Gasteiger partial charge in [-0.05, 0) is 24.1 Å². The molecule has 1 rings (SSSR count). The predicted molar refractivity (Wildman–Crippen MR) is 74.4 cm³/mol. The van der Waals surface area contributed by atoms with Gasteiger partial charge < -0.3 is 5.11 Å². The normalized spacial score (nSPS) is 12.6. The van der Waals surface area contributed by atoms with Gasteiger partial charge in [0.05, 0.1) is 6.10 Å². The molecule has 1 aromatic rings. The Morgan fingerprint density at radius 3 is 2.24 bits per heavy atom. The van der Waals surface area contributed by atoms with Crippen LogP contribution >= 0.6 is 11.6 Å². The topological polar surface area (TPSA) is 20.2 Å². The van der Waals surface area contributed by atoms with Crippen LogP contribution in [0.3, 0.4) is 0 Å². The zero-order chi connectivity index (χ0) is 12.5. The molecule has 0 aliphatic rings. The maximum Gasteiger partial charge on any atom is 0.0790 e. The Morgan fingerprint density at radius 2 is 1.59 bits per heavy atom. The molecule has 96 valence electrons. The highest BCUT2D eigenvalue weighted by atomic mass is 35.5. The zero-order valence-corrected chi connectivity index (χ0v) is 11.4. The van der Waals surface area contributed by atoms with E-state index in [9.17, 15) is 5.11 Å². The number of aliphatic hydroxyl groups excluding tert-OH is 1. The molecular formula is C15H23ClO. The number of halogens is 1. The Hall–Kier alpha value is -0.530. The third kappa shape index (κ3) is 6.09. The van der Waals surface area contributed by atoms with Crippen LogP contribution < -0.4 is 0 Å². The first-order valence-corrected chi connectivity index (χ1v) is 7.05. The average Bonchev–Trinajstić information content (AvgIpc) is 2.34. The fourth-order valence-corrected chi connectivity index (χ4v) is 2.10. The van der Waals surface area contributed by atoms with E-state index in [0.717, 1.165) is 23.4 Å². The summed E-state index contributed by atoms with van der Waals surface area (Å²) in [7, 11) is 0. The molecule has 0 saturated heterocycles. The van der Waals surface area contributed by atoms with Crippen molar-refractivity contribution in [3.05, 3.63) is 34.9 Å². The molecule has 0 bridgehead atoms. The SMILES string of the molecule is CCCCCCCCC(O)c1ccc(Cl)cc1. The van der Waals surface area contributed by atoms with Gasteiger partial charge in [0.1, 0.15) is 0 Å². The maximum atomic E-state index is 9.97. The van der Waals surface area contributed by atoms with Crippen LogP contribution in [0, 0.1) is 0 Å². The van der Waals surface area contributed by atoms with Crippen molar-refractivity contribution < 1.29 is 5.11 Å². The summed E-state index contributed by atoms with van der Waals surface area (Å²) in [5, 5.41) is 10.7. The van der Waals surface area contributed by atoms with Gasteiger partial charge in [0.2, 0.25) is 0 Å². The minimum absolute atomic E-state index is 0.335. The van der Waals surface area contributed by atoms with Crippen LogP contribution in [-0.4, -0.2) is 5.11 Å². The quantitative estimate of drug-likeness (QED) is 0.638. The number of hydrogen-bond acceptors (Lipinski definition) is 1. The molecule has 1 N–H and O–H groups in total. The summed E-state index contributed by atoms with van der Waals surface area (Å²) in [6.07, 6.45) is 8.09. The molecule has 1 unspecified atom stereocenters. The lowest BCUT2D eigenvalue weighted by Gasteiger charge is -2.10. The minimum atomic E-state index is -0.335. The van der Waals surface area contributed by atoms with E-state index < -0.39 is 0 Å². The molecule has 1 aromatic carbocycles. The first kappa shape index (κ1) is 14.5. The summed E-state index contributed by atoms with van der Waals surface area (Å²) < 4.78 is 0. The molecule has 0 radical (unpaired) electrons. The average molecular weight is 255 g/mol. The Bertz CT molecular complexity index is 294. The van der Waals surface area contributed by atoms with Gasteiger partial charge in [-0.25, -0.2) is 0 Å². The van der Waals surface area contributed by atoms with Gasteiger partial charge in [0.25, 0.3) is 0 Å². The molecule has 0 fully saturated rings. The maximum absolute atomic E-state index is 9.97. The number of hydrogen-bond donors (Lipinski definition) is 1. The van der Waals surface area contributed by atoms with E-state index in [1.165, 1.54) is 32.1 Å². The molecule has 2 heteroatoms. The molecule has 0 amide bonds. The van der Waals surface area contributed by atoms with Gasteiger partial charge in [-0.3, -0.25) is 0 Å². The van der Waals surface area contributed by atoms with Crippen molar-refractivity contribution in [2.24, 2.45) is 0 Å². The van der Waals surface area contributed by atoms with Crippen molar-refractivity contribution in [2.75, 3.05) is 0 Å². The highest BCUT2D eigenvalue weighted by Gasteiger charge is 2.06. The lowest BCUT2D eigenvalue weighted by molar-refractivity contribution is 0.163. The summed E-state index contributed by atoms with van der Waals surface area (Å²) in [4.78, 5) is 0. The second-order valence-electron chi connectivity index (χ2n) is 4.62. The first-order valence-electron chi connectivity index (χ1n) is 6.67. The second kappa shape index (κ2) is 8.54. The molecule has 0 spiro atoms. The van der Waals surface area contributed by atoms with Crippen LogP contribution in [0.2, 0.25) is 5.02 Å². The third-order valence-electron chi connectivity index (χ3n) is 3.09. The van der Waals surface area contributed by atoms with Gasteiger partial charge in [-0.15, -0.1) is 0 Å². The van der Waals surface area contributed by atoms with E-state index >= 15 is 0 Å². The summed E-state index contributed by atoms with van der Waals surface area (Å²) >= 11 is 5.81. The predicted octanol–water partition coefficient (Wildman–Crippen LogP) is 5.12. The van der Waals surface area contributed by atoms with E-state index in [1.54, 1.807) is 0 Å². The van der Waals surface area contributed by atoms with Crippen LogP contribution in [0.4, 0.5) is 0 Å². The van der Waals surface area contributed by atoms with E-state index in [4.69, 9.17) is 11.6 Å². The van der Waals surface area contributed by atoms with Gasteiger partial charge in [0, 0.05) is 5.02 Å². The van der Waals surface area contributed by atoms with Gasteiger partial charge >= 0.3 is 0 Å². The molecule has 0 heterocycles. The highest BCUT2D eigenvalue weighted by molar-refractivity contribution is 6.30. The number of unbranched alkanes of at least 4 members (excludes halogenated alkanes) is 5. The van der Waals surface area contributed by atoms with Crippen LogP contribution in [0.1, 0.15) is 63.5 Å². The number of benzene rings is 1. The van der Waals surface area contributed by atoms with Crippen molar-refractivity contribution in [3.8, 4) is 0 Å². The van der Waals surface area contributed by atoms with E-state index in [1.807, 2.05) is 24.3 Å². The molecule has 17 heavy (non-hydrogen) atoms. The molecule has 0 aliphatic heterocycles. The summed E-state index contributed by atoms with van der Waals surface area (Å²) in [6, 6.07) is 7.48. The molecule has 0 saturated carbocycles. The van der Waals surface area contributed by atoms with Crippen molar-refractivity contribution >= 4 is 11.6 Å². The molecule has 0 aromatic heterocycles. The summed E-state index contributed by atoms with van der Waals surface area (Å²) in [5.74, 6) is 0. The number of aliphatic hydroxyl groups is 1. The van der Waals surface area contributed by atoms with Crippen LogP contribution in [0.5, 0.6) is 0 Å². The summed E-state index contributed by atoms with van der Waals surface area (Å²) in [6.45, 7) is 2.23. The fourth-order valence-electron chi connectivity index (χ4n) is 1.97. The van der Waals surface area contributed by atoms with Crippen LogP contribution in [0.15, 0.2) is 24.3 Å². The molecular weight excluding hydrogens is 232 g/mol. The Labute approximate surface area is 110 Å². The van der Waals surface area contributed by atoms with Crippen molar-refractivity contribution in [2.45, 2.75) is 58.0 Å². The number of rotatable bonds is 8. The lowest BCUT2D eigenvalue weighted by atomic mass is 10.0. The zero-order valence-electron chi connectivity index (χ0n) is 10.7. The van der Waals surface area contributed by atoms with Crippen molar-refractivity contribution in [1.82, 2.24) is 0 Å².